The van der Waals surface area contributed by atoms with E-state index in [1.165, 1.54) is 11.1 Å². The summed E-state index contributed by atoms with van der Waals surface area (Å²) >= 11 is 0. The molecule has 2 aromatic rings. The van der Waals surface area contributed by atoms with Gasteiger partial charge in [-0.1, -0.05) is 38.1 Å². The number of hydrogen-bond donors (Lipinski definition) is 0. The Morgan fingerprint density at radius 3 is 2.50 bits per heavy atom. The van der Waals surface area contributed by atoms with E-state index in [1.807, 2.05) is 0 Å². The molecule has 92 valence electrons. The van der Waals surface area contributed by atoms with E-state index < -0.39 is 0 Å². The summed E-state index contributed by atoms with van der Waals surface area (Å²) in [6, 6.07) is 10.3. The molecule has 0 saturated carbocycles. The number of aldehydes is 1. The monoisotopic (exact) mass is 239 g/mol. The third kappa shape index (κ3) is 2.83. The van der Waals surface area contributed by atoms with Gasteiger partial charge in [0.05, 0.1) is 0 Å². The molecular formula is C16H17NO. The fourth-order valence-corrected chi connectivity index (χ4v) is 1.94. The summed E-state index contributed by atoms with van der Waals surface area (Å²) in [5.41, 5.74) is 4.23. The Labute approximate surface area is 108 Å². The van der Waals surface area contributed by atoms with Gasteiger partial charge in [-0.05, 0) is 35.1 Å². The molecule has 1 heterocycles. The first-order valence-corrected chi connectivity index (χ1v) is 6.17. The van der Waals surface area contributed by atoms with Crippen molar-refractivity contribution in [2.24, 2.45) is 0 Å². The second-order valence-corrected chi connectivity index (χ2v) is 4.77. The van der Waals surface area contributed by atoms with Crippen molar-refractivity contribution in [1.82, 2.24) is 4.98 Å². The Kier molecular flexibility index (Phi) is 3.88. The number of carbonyl (C=O) groups excluding carboxylic acids is 1. The number of nitrogens with zero attached hydrogens (tertiary/aromatic N) is 1. The van der Waals surface area contributed by atoms with Gasteiger partial charge >= 0.3 is 0 Å². The predicted molar refractivity (Wildman–Crippen MR) is 73.0 cm³/mol. The van der Waals surface area contributed by atoms with E-state index in [1.54, 1.807) is 18.5 Å². The third-order valence-electron chi connectivity index (χ3n) is 3.11. The van der Waals surface area contributed by atoms with Crippen molar-refractivity contribution in [3.05, 3.63) is 65.0 Å². The highest BCUT2D eigenvalue weighted by molar-refractivity contribution is 5.77. The quantitative estimate of drug-likeness (QED) is 0.763. The molecule has 0 atom stereocenters. The number of carbonyl (C=O) groups is 1. The number of aromatic nitrogens is 1. The van der Waals surface area contributed by atoms with Crippen molar-refractivity contribution >= 4 is 6.29 Å². The summed E-state index contributed by atoms with van der Waals surface area (Å²) in [6.07, 6.45) is 5.05. The zero-order chi connectivity index (χ0) is 13.0. The van der Waals surface area contributed by atoms with Crippen molar-refractivity contribution in [3.63, 3.8) is 0 Å². The zero-order valence-corrected chi connectivity index (χ0v) is 10.8. The van der Waals surface area contributed by atoms with Crippen LogP contribution in [0.3, 0.4) is 0 Å². The van der Waals surface area contributed by atoms with E-state index in [0.29, 0.717) is 5.92 Å². The summed E-state index contributed by atoms with van der Waals surface area (Å²) in [5, 5.41) is 0. The van der Waals surface area contributed by atoms with Crippen LogP contribution in [0.25, 0.3) is 0 Å². The first-order chi connectivity index (χ1) is 8.70. The molecule has 0 aliphatic carbocycles. The van der Waals surface area contributed by atoms with E-state index in [-0.39, 0.29) is 0 Å². The number of hydrogen-bond acceptors (Lipinski definition) is 2. The second-order valence-electron chi connectivity index (χ2n) is 4.77. The minimum absolute atomic E-state index is 0.544. The first kappa shape index (κ1) is 12.5. The maximum absolute atomic E-state index is 10.9. The van der Waals surface area contributed by atoms with E-state index in [2.05, 4.69) is 43.1 Å². The SMILES string of the molecule is CC(C)c1ccc(Cc2cnccc2C=O)cc1. The molecule has 0 aliphatic rings. The highest BCUT2D eigenvalue weighted by Crippen LogP contribution is 2.17. The van der Waals surface area contributed by atoms with Gasteiger partial charge in [0.2, 0.25) is 0 Å². The average molecular weight is 239 g/mol. The summed E-state index contributed by atoms with van der Waals surface area (Å²) in [5.74, 6) is 0.544. The van der Waals surface area contributed by atoms with Crippen molar-refractivity contribution in [2.45, 2.75) is 26.2 Å². The van der Waals surface area contributed by atoms with Crippen LogP contribution in [-0.4, -0.2) is 11.3 Å². The van der Waals surface area contributed by atoms with Gasteiger partial charge in [-0.15, -0.1) is 0 Å². The predicted octanol–water partition coefficient (Wildman–Crippen LogP) is 3.61. The zero-order valence-electron chi connectivity index (χ0n) is 10.8. The van der Waals surface area contributed by atoms with Gasteiger partial charge in [0, 0.05) is 18.0 Å². The largest absolute Gasteiger partial charge is 0.298 e. The van der Waals surface area contributed by atoms with Gasteiger partial charge in [-0.3, -0.25) is 9.78 Å². The van der Waals surface area contributed by atoms with Crippen molar-refractivity contribution in [1.29, 1.82) is 0 Å². The molecule has 1 aromatic carbocycles. The van der Waals surface area contributed by atoms with Crippen LogP contribution in [0.4, 0.5) is 0 Å². The van der Waals surface area contributed by atoms with Crippen LogP contribution < -0.4 is 0 Å². The first-order valence-electron chi connectivity index (χ1n) is 6.17. The van der Waals surface area contributed by atoms with Crippen molar-refractivity contribution in [2.75, 3.05) is 0 Å². The van der Waals surface area contributed by atoms with E-state index in [0.717, 1.165) is 23.8 Å². The van der Waals surface area contributed by atoms with Gasteiger partial charge in [0.15, 0.2) is 0 Å². The average Bonchev–Trinajstić information content (AvgIpc) is 2.40. The molecule has 1 aromatic heterocycles. The van der Waals surface area contributed by atoms with Crippen LogP contribution in [0.15, 0.2) is 42.7 Å². The normalized spacial score (nSPS) is 10.6. The molecule has 0 aliphatic heterocycles. The fourth-order valence-electron chi connectivity index (χ4n) is 1.94. The molecule has 0 amide bonds. The minimum Gasteiger partial charge on any atom is -0.298 e. The summed E-state index contributed by atoms with van der Waals surface area (Å²) < 4.78 is 0. The van der Waals surface area contributed by atoms with Crippen LogP contribution in [0, 0.1) is 0 Å². The van der Waals surface area contributed by atoms with Crippen LogP contribution in [0.5, 0.6) is 0 Å². The lowest BCUT2D eigenvalue weighted by atomic mass is 9.98. The molecule has 2 heteroatoms. The Morgan fingerprint density at radius 1 is 1.17 bits per heavy atom. The summed E-state index contributed by atoms with van der Waals surface area (Å²) in [7, 11) is 0. The molecule has 0 N–H and O–H groups in total. The van der Waals surface area contributed by atoms with Crippen LogP contribution in [0.2, 0.25) is 0 Å². The molecule has 0 bridgehead atoms. The van der Waals surface area contributed by atoms with E-state index in [4.69, 9.17) is 0 Å². The molecule has 0 fully saturated rings. The molecular weight excluding hydrogens is 222 g/mol. The lowest BCUT2D eigenvalue weighted by molar-refractivity contribution is 0.112. The number of pyridine rings is 1. The topological polar surface area (TPSA) is 30.0 Å². The van der Waals surface area contributed by atoms with Crippen molar-refractivity contribution in [3.8, 4) is 0 Å². The van der Waals surface area contributed by atoms with Gasteiger partial charge in [0.1, 0.15) is 6.29 Å². The Bertz CT molecular complexity index is 529. The third-order valence-corrected chi connectivity index (χ3v) is 3.11. The number of benzene rings is 1. The highest BCUT2D eigenvalue weighted by atomic mass is 16.1. The maximum Gasteiger partial charge on any atom is 0.150 e. The van der Waals surface area contributed by atoms with E-state index in [9.17, 15) is 4.79 Å². The van der Waals surface area contributed by atoms with Crippen LogP contribution in [-0.2, 0) is 6.42 Å². The molecule has 0 spiro atoms. The standard InChI is InChI=1S/C16H17NO/c1-12(2)14-5-3-13(4-6-14)9-16-10-17-8-7-15(16)11-18/h3-8,10-12H,9H2,1-2H3. The number of rotatable bonds is 4. The summed E-state index contributed by atoms with van der Waals surface area (Å²) in [4.78, 5) is 15.0. The summed E-state index contributed by atoms with van der Waals surface area (Å²) in [6.45, 7) is 4.36. The minimum atomic E-state index is 0.544. The molecule has 2 rings (SSSR count). The van der Waals surface area contributed by atoms with Gasteiger partial charge in [0.25, 0.3) is 0 Å². The molecule has 0 unspecified atom stereocenters. The second kappa shape index (κ2) is 5.58. The molecule has 18 heavy (non-hydrogen) atoms. The highest BCUT2D eigenvalue weighted by Gasteiger charge is 2.04. The Morgan fingerprint density at radius 2 is 1.89 bits per heavy atom. The lowest BCUT2D eigenvalue weighted by Gasteiger charge is -2.08. The van der Waals surface area contributed by atoms with Crippen molar-refractivity contribution < 1.29 is 4.79 Å². The fraction of sp³-hybridized carbons (Fsp3) is 0.250. The molecule has 0 radical (unpaired) electrons. The van der Waals surface area contributed by atoms with Gasteiger partial charge < -0.3 is 0 Å². The Hall–Kier alpha value is -1.96. The van der Waals surface area contributed by atoms with Gasteiger partial charge in [-0.2, -0.15) is 0 Å². The van der Waals surface area contributed by atoms with Gasteiger partial charge in [-0.25, -0.2) is 0 Å². The van der Waals surface area contributed by atoms with Crippen LogP contribution >= 0.6 is 0 Å². The lowest BCUT2D eigenvalue weighted by Crippen LogP contribution is -1.96. The molecule has 0 saturated heterocycles. The Balaban J connectivity index is 2.21. The smallest absolute Gasteiger partial charge is 0.150 e. The maximum atomic E-state index is 10.9. The molecule has 2 nitrogen and oxygen atoms in total. The van der Waals surface area contributed by atoms with E-state index >= 15 is 0 Å². The van der Waals surface area contributed by atoms with Crippen LogP contribution in [0.1, 0.15) is 46.8 Å².